The molecule has 2 bridgehead atoms. The molecule has 4 aliphatic heterocycles. The topological polar surface area (TPSA) is 43.4 Å². The van der Waals surface area contributed by atoms with Crippen molar-refractivity contribution >= 4 is 46.3 Å². The number of carbonyl (C=O) groups is 2. The molecule has 0 spiro atoms. The molecule has 1 saturated heterocycles. The van der Waals surface area contributed by atoms with Crippen LogP contribution in [0.3, 0.4) is 0 Å². The van der Waals surface area contributed by atoms with Gasteiger partial charge in [-0.15, -0.1) is 0 Å². The summed E-state index contributed by atoms with van der Waals surface area (Å²) in [6, 6.07) is 0. The molecular weight excluding hydrogens is 369 g/mol. The van der Waals surface area contributed by atoms with E-state index in [2.05, 4.69) is 62.3 Å². The Labute approximate surface area is 156 Å². The summed E-state index contributed by atoms with van der Waals surface area (Å²) in [4.78, 5) is 25.2. The van der Waals surface area contributed by atoms with E-state index in [4.69, 9.17) is 4.74 Å². The van der Waals surface area contributed by atoms with Crippen LogP contribution >= 0.6 is 24.3 Å². The highest BCUT2D eigenvalue weighted by atomic mass is 31.2. The summed E-state index contributed by atoms with van der Waals surface area (Å²) in [6.45, 7) is 20.2. The van der Waals surface area contributed by atoms with Crippen molar-refractivity contribution in [1.29, 1.82) is 0 Å². The molecule has 0 N–H and O–H groups in total. The average molecular weight is 398 g/mol. The predicted molar refractivity (Wildman–Crippen MR) is 110 cm³/mol. The average Bonchev–Trinajstić information content (AvgIpc) is 2.72. The first-order valence-electron chi connectivity index (χ1n) is 8.87. The summed E-state index contributed by atoms with van der Waals surface area (Å²) >= 11 is 0. The van der Waals surface area contributed by atoms with Gasteiger partial charge in [0.25, 0.3) is 0 Å². The highest BCUT2D eigenvalue weighted by Crippen LogP contribution is 2.77. The Morgan fingerprint density at radius 1 is 0.840 bits per heavy atom. The first-order chi connectivity index (χ1) is 11.1. The number of ether oxygens (including phenoxy) is 1. The van der Waals surface area contributed by atoms with Gasteiger partial charge >= 0.3 is 11.9 Å². The van der Waals surface area contributed by atoms with E-state index in [1.807, 2.05) is 0 Å². The van der Waals surface area contributed by atoms with Gasteiger partial charge in [-0.05, 0) is 34.2 Å². The van der Waals surface area contributed by atoms with Gasteiger partial charge in [0, 0.05) is 0 Å². The van der Waals surface area contributed by atoms with E-state index in [0.717, 1.165) is 0 Å². The number of hydrogen-bond acceptors (Lipinski definition) is 3. The first kappa shape index (κ1) is 19.7. The third-order valence-corrected chi connectivity index (χ3v) is 15.3. The minimum Gasteiger partial charge on any atom is -0.392 e. The fraction of sp³-hybridized carbons (Fsp3) is 0.789. The normalized spacial score (nSPS) is 36.6. The van der Waals surface area contributed by atoms with Gasteiger partial charge in [0.15, 0.2) is 0 Å². The maximum atomic E-state index is 12.8. The number of hydrogen-bond donors (Lipinski definition) is 0. The first-order valence-corrected chi connectivity index (χ1v) is 12.1. The van der Waals surface area contributed by atoms with E-state index < -0.39 is 7.92 Å². The van der Waals surface area contributed by atoms with E-state index in [1.165, 1.54) is 26.5 Å². The van der Waals surface area contributed by atoms with Gasteiger partial charge in [0.2, 0.25) is 0 Å². The van der Waals surface area contributed by atoms with Crippen LogP contribution in [0.1, 0.15) is 62.3 Å². The predicted octanol–water partition coefficient (Wildman–Crippen LogP) is 5.55. The minimum atomic E-state index is -0.779. The molecule has 2 unspecified atom stereocenters. The van der Waals surface area contributed by atoms with Crippen molar-refractivity contribution in [3.05, 3.63) is 0 Å². The van der Waals surface area contributed by atoms with Gasteiger partial charge in [-0.3, -0.25) is 9.59 Å². The molecule has 0 aromatic rings. The minimum absolute atomic E-state index is 0.0209. The lowest BCUT2D eigenvalue weighted by atomic mass is 9.82. The van der Waals surface area contributed by atoms with Crippen molar-refractivity contribution in [3.63, 3.8) is 0 Å². The second kappa shape index (κ2) is 5.47. The summed E-state index contributed by atoms with van der Waals surface area (Å²) in [5, 5.41) is 2.93. The number of esters is 2. The molecule has 0 saturated carbocycles. The Morgan fingerprint density at radius 2 is 1.28 bits per heavy atom. The van der Waals surface area contributed by atoms with Crippen LogP contribution in [0.2, 0.25) is 0 Å². The SMILES string of the molecule is CC(C)(C)C1=PC2(C(C)(C)C)P=C(C(C)(C)C)P1C1C(=O)OC(=O)C12. The van der Waals surface area contributed by atoms with Crippen LogP contribution in [0.4, 0.5) is 0 Å². The standard InChI is InChI=1S/C19H29O3P3/c1-16(2,3)14-23-19(18(7,8)9)10-11(13(21)22-12(10)20)25(14)15(24-19)17(4,5)6/h10-11H,1-9H3. The van der Waals surface area contributed by atoms with E-state index >= 15 is 0 Å². The van der Waals surface area contributed by atoms with Crippen molar-refractivity contribution in [2.24, 2.45) is 22.2 Å². The second-order valence-electron chi connectivity index (χ2n) is 10.4. The molecule has 0 aromatic carbocycles. The molecule has 0 amide bonds. The van der Waals surface area contributed by atoms with E-state index in [0.29, 0.717) is 0 Å². The fourth-order valence-electron chi connectivity index (χ4n) is 3.95. The monoisotopic (exact) mass is 398 g/mol. The fourth-order valence-corrected chi connectivity index (χ4v) is 14.7. The quantitative estimate of drug-likeness (QED) is 0.305. The van der Waals surface area contributed by atoms with Crippen LogP contribution in [-0.2, 0) is 14.3 Å². The molecule has 4 rings (SSSR count). The molecule has 2 atom stereocenters. The van der Waals surface area contributed by atoms with Crippen LogP contribution in [0.15, 0.2) is 0 Å². The molecule has 0 aromatic heterocycles. The van der Waals surface area contributed by atoms with Crippen molar-refractivity contribution in [3.8, 4) is 0 Å². The van der Waals surface area contributed by atoms with E-state index in [1.54, 1.807) is 0 Å². The smallest absolute Gasteiger partial charge is 0.322 e. The van der Waals surface area contributed by atoms with Gasteiger partial charge in [-0.1, -0.05) is 78.7 Å². The molecule has 25 heavy (non-hydrogen) atoms. The van der Waals surface area contributed by atoms with Gasteiger partial charge in [-0.2, -0.15) is 0 Å². The third-order valence-electron chi connectivity index (χ3n) is 5.18. The Hall–Kier alpha value is -0.0900. The Balaban J connectivity index is 2.39. The van der Waals surface area contributed by atoms with Gasteiger partial charge in [-0.25, -0.2) is 0 Å². The molecule has 0 aliphatic carbocycles. The second-order valence-corrected chi connectivity index (χ2v) is 16.4. The molecule has 1 fully saturated rings. The Bertz CT molecular complexity index is 682. The highest BCUT2D eigenvalue weighted by Gasteiger charge is 2.69. The van der Waals surface area contributed by atoms with Crippen LogP contribution < -0.4 is 0 Å². The number of cyclic esters (lactones) is 2. The third kappa shape index (κ3) is 2.72. The lowest BCUT2D eigenvalue weighted by Gasteiger charge is -2.56. The molecule has 3 nitrogen and oxygen atoms in total. The van der Waals surface area contributed by atoms with Crippen molar-refractivity contribution in [2.45, 2.75) is 72.9 Å². The van der Waals surface area contributed by atoms with Gasteiger partial charge in [0.05, 0.1) is 10.8 Å². The van der Waals surface area contributed by atoms with E-state index in [-0.39, 0.29) is 44.7 Å². The zero-order valence-corrected chi connectivity index (χ0v) is 19.4. The Kier molecular flexibility index (Phi) is 4.30. The molecule has 4 aliphatic rings. The van der Waals surface area contributed by atoms with Crippen LogP contribution in [-0.4, -0.2) is 32.6 Å². The zero-order valence-electron chi connectivity index (χ0n) is 16.7. The van der Waals surface area contributed by atoms with Crippen LogP contribution in [0.25, 0.3) is 0 Å². The van der Waals surface area contributed by atoms with Crippen molar-refractivity contribution in [2.75, 3.05) is 0 Å². The Morgan fingerprint density at radius 3 is 1.64 bits per heavy atom. The van der Waals surface area contributed by atoms with Crippen molar-refractivity contribution in [1.82, 2.24) is 0 Å². The molecular formula is C19H29O3P3. The molecule has 4 heterocycles. The summed E-state index contributed by atoms with van der Waals surface area (Å²) < 4.78 is 5.23. The lowest BCUT2D eigenvalue weighted by Crippen LogP contribution is -2.54. The maximum Gasteiger partial charge on any atom is 0.322 e. The zero-order chi connectivity index (χ0) is 19.2. The summed E-state index contributed by atoms with van der Waals surface area (Å²) in [5.74, 6) is -0.840. The maximum absolute atomic E-state index is 12.8. The largest absolute Gasteiger partial charge is 0.392 e. The van der Waals surface area contributed by atoms with Crippen LogP contribution in [0.5, 0.6) is 0 Å². The number of carbonyl (C=O) groups excluding carboxylic acids is 2. The van der Waals surface area contributed by atoms with Gasteiger partial charge in [0.1, 0.15) is 5.66 Å². The van der Waals surface area contributed by atoms with Gasteiger partial charge < -0.3 is 4.74 Å². The van der Waals surface area contributed by atoms with Crippen LogP contribution in [0, 0.1) is 22.2 Å². The summed E-state index contributed by atoms with van der Waals surface area (Å²) in [7, 11) is 1.75. The molecule has 6 heteroatoms. The summed E-state index contributed by atoms with van der Waals surface area (Å²) in [5.41, 5.74) is -0.329. The molecule has 0 radical (unpaired) electrons. The molecule has 138 valence electrons. The highest BCUT2D eigenvalue weighted by molar-refractivity contribution is 8.07. The number of rotatable bonds is 0. The lowest BCUT2D eigenvalue weighted by molar-refractivity contribution is -0.153. The summed E-state index contributed by atoms with van der Waals surface area (Å²) in [6.07, 6.45) is 0. The van der Waals surface area contributed by atoms with Crippen molar-refractivity contribution < 1.29 is 14.3 Å². The van der Waals surface area contributed by atoms with E-state index in [9.17, 15) is 9.59 Å².